The molecule has 1 saturated heterocycles. The van der Waals surface area contributed by atoms with Crippen LogP contribution < -0.4 is 0 Å². The van der Waals surface area contributed by atoms with E-state index in [0.717, 1.165) is 43.2 Å². The first-order valence-electron chi connectivity index (χ1n) is 9.66. The molecule has 0 saturated carbocycles. The Morgan fingerprint density at radius 3 is 2.63 bits per heavy atom. The number of allylic oxidation sites excluding steroid dienone is 4. The van der Waals surface area contributed by atoms with Gasteiger partial charge in [-0.15, -0.1) is 0 Å². The first-order valence-corrected chi connectivity index (χ1v) is 11.5. The smallest absolute Gasteiger partial charge is 0.243 e. The quantitative estimate of drug-likeness (QED) is 0.659. The number of rotatable bonds is 7. The molecule has 4 nitrogen and oxygen atoms in total. The number of nitrogens with zero attached hydrogens (tertiary/aromatic N) is 1. The van der Waals surface area contributed by atoms with E-state index in [1.165, 1.54) is 0 Å². The summed E-state index contributed by atoms with van der Waals surface area (Å²) in [5.41, 5.74) is 1.67. The normalized spacial score (nSPS) is 18.3. The zero-order chi connectivity index (χ0) is 19.3. The number of ketones is 1. The molecule has 1 aliphatic heterocycles. The highest BCUT2D eigenvalue weighted by atomic mass is 35.5. The molecule has 1 aromatic carbocycles. The van der Waals surface area contributed by atoms with Crippen LogP contribution in [0, 0.1) is 0 Å². The van der Waals surface area contributed by atoms with Gasteiger partial charge in [0.15, 0.2) is 5.78 Å². The molecule has 27 heavy (non-hydrogen) atoms. The number of piperidine rings is 1. The lowest BCUT2D eigenvalue weighted by Crippen LogP contribution is -2.35. The first kappa shape index (κ1) is 20.3. The van der Waals surface area contributed by atoms with Gasteiger partial charge in [-0.25, -0.2) is 8.42 Å². The van der Waals surface area contributed by atoms with Crippen molar-refractivity contribution in [3.63, 3.8) is 0 Å². The lowest BCUT2D eigenvalue weighted by Gasteiger charge is -2.26. The third kappa shape index (κ3) is 5.09. The van der Waals surface area contributed by atoms with Crippen molar-refractivity contribution in [2.75, 3.05) is 13.1 Å². The standard InChI is InChI=1S/C21H26ClNO3S/c22-20-13-12-19(27(25,26)23-14-5-2-6-15-23)16-18(20)10-7-11-21(24)17-8-3-1-4-9-17/h1,3,8,12-13,16H,2,4-7,9-11,14-15H2. The predicted octanol–water partition coefficient (Wildman–Crippen LogP) is 4.68. The minimum absolute atomic E-state index is 0.174. The third-order valence-corrected chi connectivity index (χ3v) is 7.46. The van der Waals surface area contributed by atoms with E-state index >= 15 is 0 Å². The Labute approximate surface area is 167 Å². The molecule has 1 fully saturated rings. The molecule has 0 N–H and O–H groups in total. The van der Waals surface area contributed by atoms with E-state index in [1.54, 1.807) is 22.5 Å². The summed E-state index contributed by atoms with van der Waals surface area (Å²) in [6.07, 6.45) is 12.2. The summed E-state index contributed by atoms with van der Waals surface area (Å²) in [6.45, 7) is 1.16. The molecule has 3 rings (SSSR count). The van der Waals surface area contributed by atoms with Crippen molar-refractivity contribution in [1.82, 2.24) is 4.31 Å². The lowest BCUT2D eigenvalue weighted by atomic mass is 9.97. The molecule has 0 atom stereocenters. The van der Waals surface area contributed by atoms with Crippen molar-refractivity contribution in [3.05, 3.63) is 52.6 Å². The van der Waals surface area contributed by atoms with Gasteiger partial charge in [-0.3, -0.25) is 4.79 Å². The second kappa shape index (κ2) is 9.18. The van der Waals surface area contributed by atoms with Crippen molar-refractivity contribution in [3.8, 4) is 0 Å². The van der Waals surface area contributed by atoms with Crippen molar-refractivity contribution in [2.24, 2.45) is 0 Å². The molecular formula is C21H26ClNO3S. The maximum atomic E-state index is 12.9. The summed E-state index contributed by atoms with van der Waals surface area (Å²) < 4.78 is 27.3. The zero-order valence-electron chi connectivity index (χ0n) is 15.5. The molecule has 6 heteroatoms. The topological polar surface area (TPSA) is 54.5 Å². The fraction of sp³-hybridized carbons (Fsp3) is 0.476. The summed E-state index contributed by atoms with van der Waals surface area (Å²) in [5, 5.41) is 0.555. The molecule has 2 aliphatic rings. The zero-order valence-corrected chi connectivity index (χ0v) is 17.1. The highest BCUT2D eigenvalue weighted by Crippen LogP contribution is 2.26. The van der Waals surface area contributed by atoms with Gasteiger partial charge in [0, 0.05) is 24.5 Å². The van der Waals surface area contributed by atoms with Gasteiger partial charge in [0.2, 0.25) is 10.0 Å². The van der Waals surface area contributed by atoms with E-state index < -0.39 is 10.0 Å². The summed E-state index contributed by atoms with van der Waals surface area (Å²) in [6, 6.07) is 4.92. The van der Waals surface area contributed by atoms with Crippen LogP contribution in [-0.4, -0.2) is 31.6 Å². The molecule has 0 aromatic heterocycles. The maximum Gasteiger partial charge on any atom is 0.243 e. The van der Waals surface area contributed by atoms with Crippen LogP contribution in [0.15, 0.2) is 46.9 Å². The van der Waals surface area contributed by atoms with Gasteiger partial charge in [0.1, 0.15) is 0 Å². The summed E-state index contributed by atoms with van der Waals surface area (Å²) >= 11 is 6.28. The van der Waals surface area contributed by atoms with Gasteiger partial charge in [0.05, 0.1) is 4.90 Å². The number of benzene rings is 1. The van der Waals surface area contributed by atoms with Crippen LogP contribution in [0.5, 0.6) is 0 Å². The number of hydrogen-bond donors (Lipinski definition) is 0. The average molecular weight is 408 g/mol. The average Bonchev–Trinajstić information content (AvgIpc) is 2.70. The van der Waals surface area contributed by atoms with Gasteiger partial charge in [0.25, 0.3) is 0 Å². The number of halogens is 1. The summed E-state index contributed by atoms with van der Waals surface area (Å²) in [4.78, 5) is 12.6. The highest BCUT2D eigenvalue weighted by Gasteiger charge is 2.26. The van der Waals surface area contributed by atoms with E-state index in [9.17, 15) is 13.2 Å². The largest absolute Gasteiger partial charge is 0.295 e. The van der Waals surface area contributed by atoms with Crippen molar-refractivity contribution < 1.29 is 13.2 Å². The number of hydrogen-bond acceptors (Lipinski definition) is 3. The van der Waals surface area contributed by atoms with Crippen LogP contribution in [0.3, 0.4) is 0 Å². The number of sulfonamides is 1. The molecule has 1 aromatic rings. The fourth-order valence-electron chi connectivity index (χ4n) is 3.59. The molecule has 0 unspecified atom stereocenters. The van der Waals surface area contributed by atoms with E-state index in [1.807, 2.05) is 12.2 Å². The Kier molecular flexibility index (Phi) is 6.90. The molecule has 1 heterocycles. The van der Waals surface area contributed by atoms with Crippen LogP contribution >= 0.6 is 11.6 Å². The summed E-state index contributed by atoms with van der Waals surface area (Å²) in [7, 11) is -3.47. The minimum Gasteiger partial charge on any atom is -0.295 e. The van der Waals surface area contributed by atoms with E-state index in [2.05, 4.69) is 6.08 Å². The van der Waals surface area contributed by atoms with Crippen LogP contribution in [0.4, 0.5) is 0 Å². The third-order valence-electron chi connectivity index (χ3n) is 5.19. The highest BCUT2D eigenvalue weighted by molar-refractivity contribution is 7.89. The van der Waals surface area contributed by atoms with Gasteiger partial charge < -0.3 is 0 Å². The number of Topliss-reactive ketones (excluding diaryl/α,β-unsaturated/α-hetero) is 1. The molecule has 146 valence electrons. The number of carbonyl (C=O) groups excluding carboxylic acids is 1. The molecule has 0 bridgehead atoms. The summed E-state index contributed by atoms with van der Waals surface area (Å²) in [5.74, 6) is 0.174. The van der Waals surface area contributed by atoms with Crippen molar-refractivity contribution in [2.45, 2.75) is 56.3 Å². The molecular weight excluding hydrogens is 382 g/mol. The van der Waals surface area contributed by atoms with E-state index in [0.29, 0.717) is 42.3 Å². The molecule has 0 radical (unpaired) electrons. The maximum absolute atomic E-state index is 12.9. The van der Waals surface area contributed by atoms with Crippen LogP contribution in [-0.2, 0) is 21.2 Å². The molecule has 0 amide bonds. The Morgan fingerprint density at radius 2 is 1.93 bits per heavy atom. The van der Waals surface area contributed by atoms with Crippen LogP contribution in [0.1, 0.15) is 50.5 Å². The van der Waals surface area contributed by atoms with Gasteiger partial charge >= 0.3 is 0 Å². The lowest BCUT2D eigenvalue weighted by molar-refractivity contribution is -0.115. The minimum atomic E-state index is -3.47. The van der Waals surface area contributed by atoms with Gasteiger partial charge in [-0.05, 0) is 67.9 Å². The van der Waals surface area contributed by atoms with Gasteiger partial charge in [-0.1, -0.05) is 36.2 Å². The number of carbonyl (C=O) groups is 1. The van der Waals surface area contributed by atoms with Crippen LogP contribution in [0.25, 0.3) is 0 Å². The van der Waals surface area contributed by atoms with E-state index in [-0.39, 0.29) is 5.78 Å². The fourth-order valence-corrected chi connectivity index (χ4v) is 5.37. The molecule has 0 spiro atoms. The SMILES string of the molecule is O=C(CCCc1cc(S(=O)(=O)N2CCCCC2)ccc1Cl)C1=CC=CCC1. The Balaban J connectivity index is 1.65. The molecule has 1 aliphatic carbocycles. The van der Waals surface area contributed by atoms with E-state index in [4.69, 9.17) is 11.6 Å². The second-order valence-corrected chi connectivity index (χ2v) is 9.50. The monoisotopic (exact) mass is 407 g/mol. The Hall–Kier alpha value is -1.43. The van der Waals surface area contributed by atoms with Gasteiger partial charge in [-0.2, -0.15) is 4.31 Å². The van der Waals surface area contributed by atoms with Crippen molar-refractivity contribution in [1.29, 1.82) is 0 Å². The van der Waals surface area contributed by atoms with Crippen LogP contribution in [0.2, 0.25) is 5.02 Å². The predicted molar refractivity (Wildman–Crippen MR) is 108 cm³/mol. The Morgan fingerprint density at radius 1 is 1.15 bits per heavy atom. The first-order chi connectivity index (χ1) is 13.0. The number of aryl methyl sites for hydroxylation is 1. The van der Waals surface area contributed by atoms with Crippen molar-refractivity contribution >= 4 is 27.4 Å². The Bertz CT molecular complexity index is 852. The second-order valence-electron chi connectivity index (χ2n) is 7.15.